The van der Waals surface area contributed by atoms with E-state index in [-0.39, 0.29) is 6.42 Å². The number of rotatable bonds is 25. The zero-order chi connectivity index (χ0) is 26.4. The first-order chi connectivity index (χ1) is 17.0. The number of aliphatic hydroxyl groups excluding tert-OH is 1. The third-order valence-corrected chi connectivity index (χ3v) is 6.32. The molecule has 1 unspecified atom stereocenters. The molecule has 0 rings (SSSR count). The highest BCUT2D eigenvalue weighted by atomic mass is 16.4. The van der Waals surface area contributed by atoms with Crippen molar-refractivity contribution in [2.75, 3.05) is 6.61 Å². The Kier molecular flexibility index (Phi) is 31.4. The summed E-state index contributed by atoms with van der Waals surface area (Å²) in [6, 6.07) is 0. The maximum Gasteiger partial charge on any atom is 0.310 e. The fraction of sp³-hybridized carbons (Fsp3) is 0.867. The molecule has 208 valence electrons. The molecule has 0 amide bonds. The van der Waals surface area contributed by atoms with E-state index in [2.05, 4.69) is 13.8 Å². The fourth-order valence-electron chi connectivity index (χ4n) is 4.04. The second-order valence-corrected chi connectivity index (χ2v) is 9.85. The molecule has 3 N–H and O–H groups in total. The van der Waals surface area contributed by atoms with Gasteiger partial charge in [-0.1, -0.05) is 142 Å². The molecule has 0 spiro atoms. The van der Waals surface area contributed by atoms with Crippen LogP contribution < -0.4 is 0 Å². The van der Waals surface area contributed by atoms with E-state index in [1.54, 1.807) is 6.08 Å². The van der Waals surface area contributed by atoms with Gasteiger partial charge in [0, 0.05) is 6.61 Å². The van der Waals surface area contributed by atoms with Gasteiger partial charge in [0.15, 0.2) is 0 Å². The van der Waals surface area contributed by atoms with Gasteiger partial charge in [0.05, 0.1) is 12.3 Å². The summed E-state index contributed by atoms with van der Waals surface area (Å²) in [5.74, 6) is -3.06. The summed E-state index contributed by atoms with van der Waals surface area (Å²) in [6.07, 6.45) is 30.4. The highest BCUT2D eigenvalue weighted by Gasteiger charge is 2.17. The average molecular weight is 499 g/mol. The Labute approximate surface area is 216 Å². The number of aliphatic hydroxyl groups is 1. The number of carboxylic acids is 2. The predicted octanol–water partition coefficient (Wildman–Crippen LogP) is 8.93. The summed E-state index contributed by atoms with van der Waals surface area (Å²) in [6.45, 7) is 4.79. The summed E-state index contributed by atoms with van der Waals surface area (Å²) >= 11 is 0. The number of carbonyl (C=O) groups is 2. The van der Waals surface area contributed by atoms with Crippen LogP contribution in [0.4, 0.5) is 0 Å². The van der Waals surface area contributed by atoms with Crippen LogP contribution in [-0.4, -0.2) is 33.9 Å². The van der Waals surface area contributed by atoms with E-state index >= 15 is 0 Å². The quantitative estimate of drug-likeness (QED) is 0.0862. The lowest BCUT2D eigenvalue weighted by Crippen LogP contribution is -2.15. The van der Waals surface area contributed by atoms with E-state index in [1.807, 2.05) is 0 Å². The number of unbranched alkanes of at least 4 members (excludes halogenated alkanes) is 19. The molecule has 5 heteroatoms. The summed E-state index contributed by atoms with van der Waals surface area (Å²) in [5, 5.41) is 25.9. The highest BCUT2D eigenvalue weighted by Crippen LogP contribution is 2.13. The van der Waals surface area contributed by atoms with Crippen LogP contribution in [0.2, 0.25) is 0 Å². The molecule has 0 aromatic rings. The van der Waals surface area contributed by atoms with Gasteiger partial charge in [0.2, 0.25) is 0 Å². The molecule has 35 heavy (non-hydrogen) atoms. The van der Waals surface area contributed by atoms with E-state index in [9.17, 15) is 9.59 Å². The molecular weight excluding hydrogens is 440 g/mol. The van der Waals surface area contributed by atoms with Gasteiger partial charge in [0.1, 0.15) is 0 Å². The van der Waals surface area contributed by atoms with Crippen molar-refractivity contribution in [1.29, 1.82) is 0 Å². The van der Waals surface area contributed by atoms with E-state index in [4.69, 9.17) is 15.3 Å². The number of hydrogen-bond donors (Lipinski definition) is 3. The van der Waals surface area contributed by atoms with Crippen LogP contribution in [0.25, 0.3) is 0 Å². The minimum Gasteiger partial charge on any atom is -0.481 e. The van der Waals surface area contributed by atoms with Crippen LogP contribution in [0.1, 0.15) is 155 Å². The third-order valence-electron chi connectivity index (χ3n) is 6.32. The van der Waals surface area contributed by atoms with Crippen molar-refractivity contribution >= 4 is 11.9 Å². The van der Waals surface area contributed by atoms with Crippen LogP contribution in [0.5, 0.6) is 0 Å². The monoisotopic (exact) mass is 498 g/mol. The van der Waals surface area contributed by atoms with Gasteiger partial charge in [-0.2, -0.15) is 0 Å². The molecule has 0 saturated carbocycles. The largest absolute Gasteiger partial charge is 0.481 e. The molecule has 5 nitrogen and oxygen atoms in total. The fourth-order valence-corrected chi connectivity index (χ4v) is 4.04. The van der Waals surface area contributed by atoms with Gasteiger partial charge in [-0.3, -0.25) is 9.59 Å². The van der Waals surface area contributed by atoms with E-state index in [0.29, 0.717) is 6.61 Å². The number of carboxylic acid groups (broad SMARTS) is 2. The third kappa shape index (κ3) is 32.6. The summed E-state index contributed by atoms with van der Waals surface area (Å²) in [7, 11) is 0. The first-order valence-corrected chi connectivity index (χ1v) is 14.7. The Balaban J connectivity index is 0. The number of allylic oxidation sites excluding steroid dienone is 1. The van der Waals surface area contributed by atoms with Crippen molar-refractivity contribution in [3.8, 4) is 0 Å². The molecule has 1 atom stereocenters. The predicted molar refractivity (Wildman–Crippen MR) is 148 cm³/mol. The topological polar surface area (TPSA) is 94.8 Å². The standard InChI is InChI=1S/C18H38O.C12H20O4/c1-2-3-4-5-6-7-8-9-10-11-12-13-14-15-16-17-18-19;1-2-3-4-5-6-7-8-10(12(15)16)9-11(13)14/h19H,2-18H2,1H3;7-8,10H,2-6,9H2,1H3,(H,13,14)(H,15,16). The van der Waals surface area contributed by atoms with Crippen LogP contribution in [0.15, 0.2) is 12.2 Å². The molecule has 0 aromatic carbocycles. The first kappa shape index (κ1) is 35.8. The Morgan fingerprint density at radius 2 is 0.971 bits per heavy atom. The average Bonchev–Trinajstić information content (AvgIpc) is 2.83. The molecular formula is C30H58O5. The van der Waals surface area contributed by atoms with Gasteiger partial charge in [-0.15, -0.1) is 0 Å². The Bertz CT molecular complexity index is 459. The summed E-state index contributed by atoms with van der Waals surface area (Å²) in [4.78, 5) is 21.1. The smallest absolute Gasteiger partial charge is 0.310 e. The summed E-state index contributed by atoms with van der Waals surface area (Å²) < 4.78 is 0. The maximum absolute atomic E-state index is 10.7. The van der Waals surface area contributed by atoms with E-state index in [1.165, 1.54) is 115 Å². The van der Waals surface area contributed by atoms with Gasteiger partial charge in [-0.05, 0) is 19.3 Å². The number of aliphatic carboxylic acids is 2. The molecule has 0 radical (unpaired) electrons. The Hall–Kier alpha value is -1.36. The minimum absolute atomic E-state index is 0.346. The van der Waals surface area contributed by atoms with Crippen LogP contribution in [-0.2, 0) is 9.59 Å². The normalized spacial score (nSPS) is 11.9. The van der Waals surface area contributed by atoms with Crippen LogP contribution >= 0.6 is 0 Å². The lowest BCUT2D eigenvalue weighted by molar-refractivity contribution is -0.146. The highest BCUT2D eigenvalue weighted by molar-refractivity contribution is 5.79. The molecule has 0 aliphatic rings. The lowest BCUT2D eigenvalue weighted by atomic mass is 10.0. The molecule has 0 heterocycles. The van der Waals surface area contributed by atoms with Crippen molar-refractivity contribution < 1.29 is 24.9 Å². The molecule has 0 bridgehead atoms. The van der Waals surface area contributed by atoms with Crippen molar-refractivity contribution in [2.45, 2.75) is 155 Å². The van der Waals surface area contributed by atoms with E-state index in [0.717, 1.165) is 25.7 Å². The molecule has 0 saturated heterocycles. The molecule has 0 aromatic heterocycles. The number of hydrogen-bond acceptors (Lipinski definition) is 3. The lowest BCUT2D eigenvalue weighted by Gasteiger charge is -2.03. The second kappa shape index (κ2) is 30.7. The minimum atomic E-state index is -1.08. The van der Waals surface area contributed by atoms with Gasteiger partial charge in [-0.25, -0.2) is 0 Å². The van der Waals surface area contributed by atoms with Crippen molar-refractivity contribution in [2.24, 2.45) is 5.92 Å². The molecule has 0 fully saturated rings. The summed E-state index contributed by atoms with van der Waals surface area (Å²) in [5.41, 5.74) is 0. The van der Waals surface area contributed by atoms with E-state index < -0.39 is 17.9 Å². The zero-order valence-electron chi connectivity index (χ0n) is 23.2. The Morgan fingerprint density at radius 1 is 0.600 bits per heavy atom. The maximum atomic E-state index is 10.7. The van der Waals surface area contributed by atoms with Gasteiger partial charge >= 0.3 is 11.9 Å². The van der Waals surface area contributed by atoms with Crippen molar-refractivity contribution in [3.63, 3.8) is 0 Å². The van der Waals surface area contributed by atoms with Crippen LogP contribution in [0, 0.1) is 5.92 Å². The van der Waals surface area contributed by atoms with Crippen molar-refractivity contribution in [1.82, 2.24) is 0 Å². The first-order valence-electron chi connectivity index (χ1n) is 14.7. The Morgan fingerprint density at radius 3 is 1.31 bits per heavy atom. The molecule has 0 aliphatic carbocycles. The molecule has 0 aliphatic heterocycles. The SMILES string of the molecule is CCCCCCC=CC(CC(=O)O)C(=O)O.CCCCCCCCCCCCCCCCCCO. The second-order valence-electron chi connectivity index (χ2n) is 9.85. The van der Waals surface area contributed by atoms with Crippen molar-refractivity contribution in [3.05, 3.63) is 12.2 Å². The zero-order valence-corrected chi connectivity index (χ0v) is 23.2. The van der Waals surface area contributed by atoms with Gasteiger partial charge in [0.25, 0.3) is 0 Å². The van der Waals surface area contributed by atoms with Gasteiger partial charge < -0.3 is 15.3 Å². The van der Waals surface area contributed by atoms with Crippen LogP contribution in [0.3, 0.4) is 0 Å².